The summed E-state index contributed by atoms with van der Waals surface area (Å²) >= 11 is 5.96. The van der Waals surface area contributed by atoms with Gasteiger partial charge in [0.2, 0.25) is 0 Å². The number of halogens is 1. The molecule has 30 heavy (non-hydrogen) atoms. The number of aryl methyl sites for hydroxylation is 1. The summed E-state index contributed by atoms with van der Waals surface area (Å²) in [6, 6.07) is 16.7. The highest BCUT2D eigenvalue weighted by Crippen LogP contribution is 2.23. The van der Waals surface area contributed by atoms with Crippen molar-refractivity contribution in [1.29, 1.82) is 0 Å². The summed E-state index contributed by atoms with van der Waals surface area (Å²) in [7, 11) is 0. The lowest BCUT2D eigenvalue weighted by Crippen LogP contribution is -2.46. The van der Waals surface area contributed by atoms with Crippen molar-refractivity contribution in [3.63, 3.8) is 0 Å². The number of H-pyrrole nitrogens is 1. The first-order chi connectivity index (χ1) is 14.5. The molecule has 3 aromatic rings. The number of benzene rings is 2. The molecule has 7 heteroatoms. The highest BCUT2D eigenvalue weighted by atomic mass is 35.5. The minimum Gasteiger partial charge on any atom is -0.349 e. The van der Waals surface area contributed by atoms with Crippen LogP contribution in [0.25, 0.3) is 11.3 Å². The van der Waals surface area contributed by atoms with E-state index in [1.807, 2.05) is 31.2 Å². The lowest BCUT2D eigenvalue weighted by atomic mass is 10.0. The molecule has 2 amide bonds. The smallest absolute Gasteiger partial charge is 0.271 e. The fourth-order valence-electron chi connectivity index (χ4n) is 3.73. The quantitative estimate of drug-likeness (QED) is 0.665. The predicted molar refractivity (Wildman–Crippen MR) is 117 cm³/mol. The summed E-state index contributed by atoms with van der Waals surface area (Å²) in [5, 5.41) is 10.8. The Balaban J connectivity index is 1.35. The van der Waals surface area contributed by atoms with E-state index in [-0.39, 0.29) is 17.9 Å². The standard InChI is InChI=1S/C23H23ClN4O2/c1-15-5-2-3-8-19(15)20-14-21(27-26-20)23(30)28-11-9-18(10-12-28)25-22(29)16-6-4-7-17(24)13-16/h2-8,13-14,18H,9-12H2,1H3,(H,25,29)(H,26,27). The Kier molecular flexibility index (Phi) is 5.86. The lowest BCUT2D eigenvalue weighted by molar-refractivity contribution is 0.0692. The van der Waals surface area contributed by atoms with Gasteiger partial charge in [-0.1, -0.05) is 41.9 Å². The van der Waals surface area contributed by atoms with Crippen molar-refractivity contribution in [3.8, 4) is 11.3 Å². The van der Waals surface area contributed by atoms with Gasteiger partial charge in [0.25, 0.3) is 11.8 Å². The largest absolute Gasteiger partial charge is 0.349 e. The third-order valence-electron chi connectivity index (χ3n) is 5.43. The lowest BCUT2D eigenvalue weighted by Gasteiger charge is -2.32. The Morgan fingerprint density at radius 3 is 2.60 bits per heavy atom. The van der Waals surface area contributed by atoms with Gasteiger partial charge in [0.05, 0.1) is 5.69 Å². The Morgan fingerprint density at radius 2 is 1.87 bits per heavy atom. The molecule has 154 valence electrons. The number of nitrogens with one attached hydrogen (secondary N) is 2. The van der Waals surface area contributed by atoms with Crippen molar-refractivity contribution in [2.45, 2.75) is 25.8 Å². The molecule has 2 aromatic carbocycles. The summed E-state index contributed by atoms with van der Waals surface area (Å²) in [5.41, 5.74) is 3.91. The third-order valence-corrected chi connectivity index (χ3v) is 5.67. The monoisotopic (exact) mass is 422 g/mol. The fourth-order valence-corrected chi connectivity index (χ4v) is 3.92. The highest BCUT2D eigenvalue weighted by Gasteiger charge is 2.26. The van der Waals surface area contributed by atoms with Crippen molar-refractivity contribution >= 4 is 23.4 Å². The van der Waals surface area contributed by atoms with Crippen molar-refractivity contribution in [1.82, 2.24) is 20.4 Å². The maximum atomic E-state index is 12.9. The van der Waals surface area contributed by atoms with E-state index in [4.69, 9.17) is 11.6 Å². The van der Waals surface area contributed by atoms with Crippen LogP contribution < -0.4 is 5.32 Å². The van der Waals surface area contributed by atoms with Gasteiger partial charge in [-0.2, -0.15) is 5.10 Å². The Labute approximate surface area is 180 Å². The molecule has 0 unspecified atom stereocenters. The van der Waals surface area contributed by atoms with Gasteiger partial charge in [-0.25, -0.2) is 0 Å². The number of carbonyl (C=O) groups is 2. The average Bonchev–Trinajstić information content (AvgIpc) is 3.24. The highest BCUT2D eigenvalue weighted by molar-refractivity contribution is 6.30. The number of rotatable bonds is 4. The number of carbonyl (C=O) groups excluding carboxylic acids is 2. The van der Waals surface area contributed by atoms with E-state index in [0.29, 0.717) is 42.2 Å². The second-order valence-corrected chi connectivity index (χ2v) is 7.97. The van der Waals surface area contributed by atoms with Gasteiger partial charge in [0, 0.05) is 35.3 Å². The molecule has 1 fully saturated rings. The van der Waals surface area contributed by atoms with Gasteiger partial charge in [0.1, 0.15) is 5.69 Å². The van der Waals surface area contributed by atoms with Crippen LogP contribution >= 0.6 is 11.6 Å². The van der Waals surface area contributed by atoms with Gasteiger partial charge < -0.3 is 10.2 Å². The molecule has 4 rings (SSSR count). The van der Waals surface area contributed by atoms with Crippen molar-refractivity contribution < 1.29 is 9.59 Å². The van der Waals surface area contributed by atoms with Crippen LogP contribution in [0.15, 0.2) is 54.6 Å². The van der Waals surface area contributed by atoms with Crippen LogP contribution in [0.3, 0.4) is 0 Å². The molecular formula is C23H23ClN4O2. The number of aromatic amines is 1. The van der Waals surface area contributed by atoms with Gasteiger partial charge in [-0.05, 0) is 49.6 Å². The molecule has 0 atom stereocenters. The first-order valence-corrected chi connectivity index (χ1v) is 10.4. The number of aromatic nitrogens is 2. The summed E-state index contributed by atoms with van der Waals surface area (Å²) in [5.74, 6) is -0.208. The number of hydrogen-bond acceptors (Lipinski definition) is 3. The van der Waals surface area contributed by atoms with Crippen LogP contribution in [0.2, 0.25) is 5.02 Å². The molecule has 6 nitrogen and oxygen atoms in total. The van der Waals surface area contributed by atoms with Gasteiger partial charge in [0.15, 0.2) is 0 Å². The van der Waals surface area contributed by atoms with E-state index in [2.05, 4.69) is 15.5 Å². The van der Waals surface area contributed by atoms with Crippen LogP contribution in [0, 0.1) is 6.92 Å². The van der Waals surface area contributed by atoms with Crippen molar-refractivity contribution in [2.24, 2.45) is 0 Å². The molecular weight excluding hydrogens is 400 g/mol. The van der Waals surface area contributed by atoms with E-state index in [1.165, 1.54) is 0 Å². The summed E-state index contributed by atoms with van der Waals surface area (Å²) in [6.45, 7) is 3.18. The Hall–Kier alpha value is -3.12. The van der Waals surface area contributed by atoms with Crippen LogP contribution in [0.1, 0.15) is 39.3 Å². The number of amides is 2. The summed E-state index contributed by atoms with van der Waals surface area (Å²) < 4.78 is 0. The Morgan fingerprint density at radius 1 is 1.10 bits per heavy atom. The van der Waals surface area contributed by atoms with Gasteiger partial charge in [-0.15, -0.1) is 0 Å². The SMILES string of the molecule is Cc1ccccc1-c1cc(C(=O)N2CCC(NC(=O)c3cccc(Cl)c3)CC2)[nH]n1. The van der Waals surface area contributed by atoms with Crippen LogP contribution in [0.5, 0.6) is 0 Å². The van der Waals surface area contributed by atoms with Crippen LogP contribution in [-0.4, -0.2) is 46.0 Å². The molecule has 0 aliphatic carbocycles. The maximum absolute atomic E-state index is 12.9. The molecule has 2 heterocycles. The first kappa shape index (κ1) is 20.2. The fraction of sp³-hybridized carbons (Fsp3) is 0.261. The molecule has 0 radical (unpaired) electrons. The van der Waals surface area contributed by atoms with Gasteiger partial charge >= 0.3 is 0 Å². The normalized spacial score (nSPS) is 14.5. The minimum absolute atomic E-state index is 0.0322. The topological polar surface area (TPSA) is 78.1 Å². The zero-order valence-electron chi connectivity index (χ0n) is 16.7. The van der Waals surface area contributed by atoms with E-state index < -0.39 is 0 Å². The maximum Gasteiger partial charge on any atom is 0.271 e. The zero-order chi connectivity index (χ0) is 21.1. The van der Waals surface area contributed by atoms with Crippen molar-refractivity contribution in [2.75, 3.05) is 13.1 Å². The van der Waals surface area contributed by atoms with Crippen LogP contribution in [0.4, 0.5) is 0 Å². The number of piperidine rings is 1. The average molecular weight is 423 g/mol. The van der Waals surface area contributed by atoms with E-state index in [0.717, 1.165) is 16.8 Å². The number of nitrogens with zero attached hydrogens (tertiary/aromatic N) is 2. The second-order valence-electron chi connectivity index (χ2n) is 7.53. The van der Waals surface area contributed by atoms with E-state index in [1.54, 1.807) is 35.2 Å². The molecule has 1 saturated heterocycles. The Bertz CT molecular complexity index is 1070. The molecule has 0 saturated carbocycles. The van der Waals surface area contributed by atoms with Gasteiger partial charge in [-0.3, -0.25) is 14.7 Å². The predicted octanol–water partition coefficient (Wildman–Crippen LogP) is 4.07. The van der Waals surface area contributed by atoms with Crippen molar-refractivity contribution in [3.05, 3.63) is 76.4 Å². The number of hydrogen-bond donors (Lipinski definition) is 2. The van der Waals surface area contributed by atoms with Crippen LogP contribution in [-0.2, 0) is 0 Å². The second kappa shape index (κ2) is 8.71. The molecule has 2 N–H and O–H groups in total. The molecule has 1 aliphatic rings. The molecule has 0 spiro atoms. The zero-order valence-corrected chi connectivity index (χ0v) is 17.4. The van der Waals surface area contributed by atoms with E-state index >= 15 is 0 Å². The molecule has 1 aliphatic heterocycles. The molecule has 1 aromatic heterocycles. The summed E-state index contributed by atoms with van der Waals surface area (Å²) in [4.78, 5) is 27.1. The minimum atomic E-state index is -0.140. The summed E-state index contributed by atoms with van der Waals surface area (Å²) in [6.07, 6.45) is 1.41. The number of likely N-dealkylation sites (tertiary alicyclic amines) is 1. The first-order valence-electron chi connectivity index (χ1n) is 9.98. The third kappa shape index (κ3) is 4.39. The molecule has 0 bridgehead atoms. The van der Waals surface area contributed by atoms with E-state index in [9.17, 15) is 9.59 Å².